The van der Waals surface area contributed by atoms with Crippen molar-refractivity contribution in [2.45, 2.75) is 58.7 Å². The van der Waals surface area contributed by atoms with Crippen molar-refractivity contribution in [2.24, 2.45) is 0 Å². The van der Waals surface area contributed by atoms with E-state index in [1.54, 1.807) is 20.0 Å². The zero-order valence-corrected chi connectivity index (χ0v) is 12.7. The Balaban J connectivity index is 2.75. The number of amides is 1. The molecule has 6 heteroatoms. The molecule has 19 heavy (non-hydrogen) atoms. The van der Waals surface area contributed by atoms with E-state index < -0.39 is 5.60 Å². The lowest BCUT2D eigenvalue weighted by molar-refractivity contribution is 0.0576. The lowest BCUT2D eigenvalue weighted by Crippen LogP contribution is -2.32. The second kappa shape index (κ2) is 6.39. The molecule has 108 valence electrons. The molecule has 0 fully saturated rings. The fourth-order valence-electron chi connectivity index (χ4n) is 1.83. The normalized spacial score (nSPS) is 13.4. The second-order valence-electron chi connectivity index (χ2n) is 5.51. The number of nitrogens with zero attached hydrogens (tertiary/aromatic N) is 2. The van der Waals surface area contributed by atoms with Crippen molar-refractivity contribution in [3.8, 4) is 0 Å². The Morgan fingerprint density at radius 2 is 2.26 bits per heavy atom. The number of hydrogen-bond acceptors (Lipinski definition) is 3. The van der Waals surface area contributed by atoms with E-state index in [9.17, 15) is 9.90 Å². The third kappa shape index (κ3) is 5.20. The second-order valence-corrected chi connectivity index (χ2v) is 5.86. The minimum Gasteiger partial charge on any atom is -0.389 e. The highest BCUT2D eigenvalue weighted by atomic mass is 35.5. The molecule has 0 aliphatic rings. The topological polar surface area (TPSA) is 67.2 Å². The first-order chi connectivity index (χ1) is 8.73. The summed E-state index contributed by atoms with van der Waals surface area (Å²) >= 11 is 5.95. The van der Waals surface area contributed by atoms with Crippen LogP contribution < -0.4 is 5.32 Å². The number of nitrogens with one attached hydrogen (secondary N) is 1. The summed E-state index contributed by atoms with van der Waals surface area (Å²) in [6.45, 7) is 7.65. The molecule has 2 N–H and O–H groups in total. The first-order valence-electron chi connectivity index (χ1n) is 6.49. The summed E-state index contributed by atoms with van der Waals surface area (Å²) in [5.41, 5.74) is -0.563. The third-order valence-electron chi connectivity index (χ3n) is 2.61. The standard InChI is InChI=1S/C13H22ClN3O2/c1-5-6-9(2)15-12(18)10-7-17(16-11(10)14)8-13(3,4)19/h7,9,19H,5-6,8H2,1-4H3,(H,15,18)/t9-/m0/s1. The Bertz CT molecular complexity index is 438. The summed E-state index contributed by atoms with van der Waals surface area (Å²) in [6, 6.07) is 0.103. The number of aliphatic hydroxyl groups is 1. The Kier molecular flexibility index (Phi) is 5.38. The molecule has 1 rings (SSSR count). The van der Waals surface area contributed by atoms with Gasteiger partial charge in [-0.3, -0.25) is 9.48 Å². The number of carbonyl (C=O) groups is 1. The maximum atomic E-state index is 12.0. The predicted molar refractivity (Wildman–Crippen MR) is 75.4 cm³/mol. The van der Waals surface area contributed by atoms with Gasteiger partial charge >= 0.3 is 0 Å². The quantitative estimate of drug-likeness (QED) is 0.843. The first kappa shape index (κ1) is 16.0. The zero-order chi connectivity index (χ0) is 14.6. The highest BCUT2D eigenvalue weighted by Gasteiger charge is 2.20. The molecule has 0 aromatic carbocycles. The van der Waals surface area contributed by atoms with Gasteiger partial charge in [-0.15, -0.1) is 0 Å². The molecule has 0 aliphatic heterocycles. The molecular formula is C13H22ClN3O2. The molecule has 0 bridgehead atoms. The zero-order valence-electron chi connectivity index (χ0n) is 11.9. The molecule has 0 saturated carbocycles. The largest absolute Gasteiger partial charge is 0.389 e. The fraction of sp³-hybridized carbons (Fsp3) is 0.692. The van der Waals surface area contributed by atoms with Crippen molar-refractivity contribution in [3.05, 3.63) is 16.9 Å². The molecule has 1 atom stereocenters. The molecule has 0 saturated heterocycles. The van der Waals surface area contributed by atoms with Crippen LogP contribution in [0.3, 0.4) is 0 Å². The van der Waals surface area contributed by atoms with Crippen molar-refractivity contribution in [2.75, 3.05) is 0 Å². The highest BCUT2D eigenvalue weighted by molar-refractivity contribution is 6.32. The molecule has 1 heterocycles. The first-order valence-corrected chi connectivity index (χ1v) is 6.87. The molecule has 1 aromatic rings. The number of rotatable bonds is 6. The SMILES string of the molecule is CCC[C@H](C)NC(=O)c1cn(CC(C)(C)O)nc1Cl. The van der Waals surface area contributed by atoms with Crippen LogP contribution in [-0.4, -0.2) is 32.4 Å². The maximum absolute atomic E-state index is 12.0. The Morgan fingerprint density at radius 3 is 2.79 bits per heavy atom. The minimum absolute atomic E-state index is 0.103. The number of hydrogen-bond donors (Lipinski definition) is 2. The smallest absolute Gasteiger partial charge is 0.256 e. The Morgan fingerprint density at radius 1 is 1.63 bits per heavy atom. The number of halogens is 1. The van der Waals surface area contributed by atoms with Gasteiger partial charge in [0.1, 0.15) is 0 Å². The van der Waals surface area contributed by atoms with Crippen LogP contribution in [-0.2, 0) is 6.54 Å². The van der Waals surface area contributed by atoms with Gasteiger partial charge in [-0.25, -0.2) is 0 Å². The van der Waals surface area contributed by atoms with Gasteiger partial charge in [-0.2, -0.15) is 5.10 Å². The van der Waals surface area contributed by atoms with Gasteiger partial charge < -0.3 is 10.4 Å². The van der Waals surface area contributed by atoms with E-state index in [2.05, 4.69) is 17.3 Å². The van der Waals surface area contributed by atoms with Crippen LogP contribution in [0.15, 0.2) is 6.20 Å². The molecule has 1 amide bonds. The summed E-state index contributed by atoms with van der Waals surface area (Å²) < 4.78 is 1.49. The lowest BCUT2D eigenvalue weighted by Gasteiger charge is -2.16. The van der Waals surface area contributed by atoms with Crippen LogP contribution in [0.25, 0.3) is 0 Å². The van der Waals surface area contributed by atoms with Crippen molar-refractivity contribution in [1.82, 2.24) is 15.1 Å². The summed E-state index contributed by atoms with van der Waals surface area (Å²) in [5.74, 6) is -0.229. The van der Waals surface area contributed by atoms with E-state index in [0.29, 0.717) is 5.56 Å². The molecule has 0 radical (unpaired) electrons. The van der Waals surface area contributed by atoms with E-state index >= 15 is 0 Å². The van der Waals surface area contributed by atoms with Crippen molar-refractivity contribution >= 4 is 17.5 Å². The van der Waals surface area contributed by atoms with Gasteiger partial charge in [0.25, 0.3) is 5.91 Å². The van der Waals surface area contributed by atoms with E-state index in [1.165, 1.54) is 4.68 Å². The van der Waals surface area contributed by atoms with E-state index in [4.69, 9.17) is 11.6 Å². The average Bonchev–Trinajstić information content (AvgIpc) is 2.56. The molecule has 0 aliphatic carbocycles. The van der Waals surface area contributed by atoms with E-state index in [-0.39, 0.29) is 23.6 Å². The summed E-state index contributed by atoms with van der Waals surface area (Å²) in [7, 11) is 0. The molecule has 5 nitrogen and oxygen atoms in total. The average molecular weight is 288 g/mol. The molecule has 1 aromatic heterocycles. The monoisotopic (exact) mass is 287 g/mol. The minimum atomic E-state index is -0.904. The van der Waals surface area contributed by atoms with Gasteiger partial charge in [0.15, 0.2) is 5.15 Å². The Hall–Kier alpha value is -1.07. The molecule has 0 unspecified atom stereocenters. The fourth-order valence-corrected chi connectivity index (χ4v) is 2.07. The number of carbonyl (C=O) groups excluding carboxylic acids is 1. The van der Waals surface area contributed by atoms with Gasteiger partial charge in [0.05, 0.1) is 17.7 Å². The highest BCUT2D eigenvalue weighted by Crippen LogP contribution is 2.15. The van der Waals surface area contributed by atoms with Crippen molar-refractivity contribution in [1.29, 1.82) is 0 Å². The molecular weight excluding hydrogens is 266 g/mol. The van der Waals surface area contributed by atoms with E-state index in [0.717, 1.165) is 12.8 Å². The van der Waals surface area contributed by atoms with Crippen LogP contribution in [0.2, 0.25) is 5.15 Å². The summed E-state index contributed by atoms with van der Waals surface area (Å²) in [4.78, 5) is 12.0. The summed E-state index contributed by atoms with van der Waals surface area (Å²) in [6.07, 6.45) is 3.49. The van der Waals surface area contributed by atoms with Crippen LogP contribution >= 0.6 is 11.6 Å². The predicted octanol–water partition coefficient (Wildman–Crippen LogP) is 2.23. The lowest BCUT2D eigenvalue weighted by atomic mass is 10.1. The maximum Gasteiger partial charge on any atom is 0.256 e. The van der Waals surface area contributed by atoms with Gasteiger partial charge in [-0.05, 0) is 27.2 Å². The van der Waals surface area contributed by atoms with Crippen LogP contribution in [0.1, 0.15) is 50.9 Å². The van der Waals surface area contributed by atoms with Gasteiger partial charge in [0, 0.05) is 12.2 Å². The van der Waals surface area contributed by atoms with Crippen LogP contribution in [0.5, 0.6) is 0 Å². The van der Waals surface area contributed by atoms with Crippen molar-refractivity contribution in [3.63, 3.8) is 0 Å². The van der Waals surface area contributed by atoms with E-state index in [1.807, 2.05) is 6.92 Å². The molecule has 0 spiro atoms. The summed E-state index contributed by atoms with van der Waals surface area (Å²) in [5, 5.41) is 16.8. The third-order valence-corrected chi connectivity index (χ3v) is 2.89. The Labute approximate surface area is 118 Å². The van der Waals surface area contributed by atoms with Gasteiger partial charge in [0.2, 0.25) is 0 Å². The van der Waals surface area contributed by atoms with Crippen molar-refractivity contribution < 1.29 is 9.90 Å². The number of aromatic nitrogens is 2. The van der Waals surface area contributed by atoms with Gasteiger partial charge in [-0.1, -0.05) is 24.9 Å². The van der Waals surface area contributed by atoms with Crippen LogP contribution in [0, 0.1) is 0 Å². The van der Waals surface area contributed by atoms with Crippen LogP contribution in [0.4, 0.5) is 0 Å².